The van der Waals surface area contributed by atoms with Crippen molar-refractivity contribution in [2.45, 2.75) is 151 Å². The number of nitrogens with zero attached hydrogens (tertiary/aromatic N) is 4. The molecular formula is C77H76F5N4OPt-3. The molecule has 11 heteroatoms. The Morgan fingerprint density at radius 2 is 1.02 bits per heavy atom. The van der Waals surface area contributed by atoms with E-state index in [2.05, 4.69) is 173 Å². The van der Waals surface area contributed by atoms with Crippen LogP contribution in [0.25, 0.3) is 61.0 Å². The first-order valence-corrected chi connectivity index (χ1v) is 30.3. The van der Waals surface area contributed by atoms with Crippen molar-refractivity contribution in [2.75, 3.05) is 9.80 Å². The second-order valence-corrected chi connectivity index (χ2v) is 27.0. The van der Waals surface area contributed by atoms with Crippen LogP contribution in [-0.4, -0.2) is 9.55 Å². The zero-order valence-corrected chi connectivity index (χ0v) is 55.3. The summed E-state index contributed by atoms with van der Waals surface area (Å²) in [6.07, 6.45) is 1.85. The van der Waals surface area contributed by atoms with Gasteiger partial charge in [-0.2, -0.15) is 6.07 Å². The number of halogens is 5. The quantitative estimate of drug-likeness (QED) is 0.0499. The van der Waals surface area contributed by atoms with E-state index in [1.807, 2.05) is 98.0 Å². The van der Waals surface area contributed by atoms with Gasteiger partial charge in [0.15, 0.2) is 23.3 Å². The van der Waals surface area contributed by atoms with Gasteiger partial charge in [-0.25, -0.2) is 26.9 Å². The molecule has 0 amide bonds. The van der Waals surface area contributed by atoms with E-state index in [0.29, 0.717) is 39.7 Å². The van der Waals surface area contributed by atoms with Gasteiger partial charge in [0.05, 0.1) is 5.56 Å². The van der Waals surface area contributed by atoms with E-state index in [1.54, 1.807) is 6.07 Å². The van der Waals surface area contributed by atoms with Gasteiger partial charge in [0.2, 0.25) is 5.82 Å². The smallest absolute Gasteiger partial charge is 0.200 e. The van der Waals surface area contributed by atoms with Gasteiger partial charge in [-0.05, 0) is 138 Å². The van der Waals surface area contributed by atoms with Gasteiger partial charge in [-0.15, -0.1) is 53.6 Å². The SMILES string of the molecule is CC(C)c1cc(-c2cc(C(C)(C)C)cc(-c3c(F)c(F)c(F)c(F)c3F)c2N2[CH-]N(c3[c-]c(Oc4[c-]c5c(cc4)c4ccccc4n5-c4cc(C(C)(C)C)ccn4)cc(-c4c(C(C)C)cc(C(C)C)cc4C(C)C)c3)c3ccccc32)cc(C(C)C)c1.[Pt]. The molecule has 0 atom stereocenters. The molecule has 1 aliphatic heterocycles. The molecule has 2 aromatic heterocycles. The summed E-state index contributed by atoms with van der Waals surface area (Å²) >= 11 is 0. The zero-order valence-electron chi connectivity index (χ0n) is 53.1. The van der Waals surface area contributed by atoms with Crippen LogP contribution in [0.5, 0.6) is 11.5 Å². The zero-order chi connectivity index (χ0) is 62.5. The summed E-state index contributed by atoms with van der Waals surface area (Å²) < 4.78 is 89.9. The monoisotopic (exact) mass is 1360 g/mol. The van der Waals surface area contributed by atoms with Crippen LogP contribution in [0, 0.1) is 47.9 Å². The van der Waals surface area contributed by atoms with Crippen LogP contribution in [0.3, 0.4) is 0 Å². The summed E-state index contributed by atoms with van der Waals surface area (Å²) in [7, 11) is 0. The van der Waals surface area contributed by atoms with Crippen LogP contribution in [-0.2, 0) is 31.9 Å². The molecular weight excluding hydrogens is 1290 g/mol. The van der Waals surface area contributed by atoms with Crippen molar-refractivity contribution >= 4 is 44.6 Å². The number of ether oxygens (including phenoxy) is 1. The van der Waals surface area contributed by atoms with Gasteiger partial charge >= 0.3 is 0 Å². The van der Waals surface area contributed by atoms with E-state index in [0.717, 1.165) is 61.0 Å². The summed E-state index contributed by atoms with van der Waals surface area (Å²) in [5.41, 5.74) is 12.4. The first-order valence-electron chi connectivity index (χ1n) is 30.3. The van der Waals surface area contributed by atoms with Gasteiger partial charge < -0.3 is 19.1 Å². The Labute approximate surface area is 530 Å². The Bertz CT molecular complexity index is 4250. The van der Waals surface area contributed by atoms with Crippen molar-refractivity contribution in [1.82, 2.24) is 9.55 Å². The average molecular weight is 1360 g/mol. The minimum atomic E-state index is -2.23. The normalized spacial score (nSPS) is 12.9. The molecule has 5 nitrogen and oxygen atoms in total. The molecule has 0 saturated heterocycles. The van der Waals surface area contributed by atoms with Gasteiger partial charge in [0.1, 0.15) is 5.82 Å². The molecule has 10 aromatic rings. The van der Waals surface area contributed by atoms with Crippen molar-refractivity contribution in [3.8, 4) is 50.7 Å². The molecule has 8 aromatic carbocycles. The predicted octanol–water partition coefficient (Wildman–Crippen LogP) is 22.9. The van der Waals surface area contributed by atoms with Crippen LogP contribution in [0.2, 0.25) is 0 Å². The van der Waals surface area contributed by atoms with Crippen molar-refractivity contribution in [1.29, 1.82) is 0 Å². The Morgan fingerprint density at radius 3 is 1.60 bits per heavy atom. The number of anilines is 4. The Balaban J connectivity index is 0.00000855. The van der Waals surface area contributed by atoms with E-state index in [9.17, 15) is 0 Å². The maximum absolute atomic E-state index is 16.9. The van der Waals surface area contributed by atoms with Crippen LogP contribution in [0.4, 0.5) is 44.7 Å². The molecule has 0 fully saturated rings. The summed E-state index contributed by atoms with van der Waals surface area (Å²) in [6, 6.07) is 50.1. The van der Waals surface area contributed by atoms with Crippen LogP contribution in [0.15, 0.2) is 134 Å². The molecule has 88 heavy (non-hydrogen) atoms. The Hall–Kier alpha value is -7.55. The van der Waals surface area contributed by atoms with Gasteiger partial charge in [-0.1, -0.05) is 177 Å². The molecule has 0 saturated carbocycles. The number of pyridine rings is 1. The third-order valence-corrected chi connectivity index (χ3v) is 17.1. The molecule has 3 heterocycles. The molecule has 0 bridgehead atoms. The largest absolute Gasteiger partial charge is 0.509 e. The second-order valence-electron chi connectivity index (χ2n) is 27.0. The minimum absolute atomic E-state index is 0. The van der Waals surface area contributed by atoms with Crippen molar-refractivity contribution in [3.63, 3.8) is 0 Å². The van der Waals surface area contributed by atoms with Crippen LogP contribution in [0.1, 0.15) is 179 Å². The third kappa shape index (κ3) is 11.6. The number of fused-ring (bicyclic) bond motifs is 4. The van der Waals surface area contributed by atoms with Crippen LogP contribution >= 0.6 is 0 Å². The van der Waals surface area contributed by atoms with Crippen molar-refractivity contribution in [3.05, 3.63) is 220 Å². The van der Waals surface area contributed by atoms with E-state index < -0.39 is 40.1 Å². The third-order valence-electron chi connectivity index (χ3n) is 17.1. The number of benzene rings is 8. The number of rotatable bonds is 13. The number of hydrogen-bond acceptors (Lipinski definition) is 4. The maximum Gasteiger partial charge on any atom is 0.200 e. The van der Waals surface area contributed by atoms with E-state index in [-0.39, 0.29) is 67.3 Å². The first kappa shape index (κ1) is 63.5. The standard InChI is InChI=1S/C77H76F5N4O.Pt/c1-42(2)47-29-48(43(3)4)31-50(30-47)61-36-53(77(14,15)16)37-62(69-70(78)72(80)74(82)73(81)71(69)79)75(61)85-41-84(64-23-19-20-24-65(64)85)54-32-51(68-59(45(7)8)34-49(44(5)6)35-60(68)46(9)10)33-56(39-54)87-55-25-26-58-57-21-17-18-22-63(57)86(66(58)40-55)67-38-52(27-28-83-67)76(11,12)13;/h17-38,41-46H,1-16H3;/q-3;. The molecule has 0 radical (unpaired) electrons. The van der Waals surface area contributed by atoms with E-state index >= 15 is 22.0 Å². The minimum Gasteiger partial charge on any atom is -0.509 e. The molecule has 0 aliphatic carbocycles. The number of aromatic nitrogens is 2. The van der Waals surface area contributed by atoms with Gasteiger partial charge in [0.25, 0.3) is 0 Å². The maximum atomic E-state index is 16.9. The number of para-hydroxylation sites is 3. The second kappa shape index (κ2) is 24.1. The molecule has 458 valence electrons. The predicted molar refractivity (Wildman–Crippen MR) is 348 cm³/mol. The summed E-state index contributed by atoms with van der Waals surface area (Å²) in [5, 5.41) is 2.02. The van der Waals surface area contributed by atoms with E-state index in [4.69, 9.17) is 9.72 Å². The molecule has 0 N–H and O–H groups in total. The molecule has 11 rings (SSSR count). The number of hydrogen-bond donors (Lipinski definition) is 0. The summed E-state index contributed by atoms with van der Waals surface area (Å²) in [5.74, 6) is -7.88. The Kier molecular flexibility index (Phi) is 17.4. The molecule has 0 spiro atoms. The average Bonchev–Trinajstić information content (AvgIpc) is 1.47. The van der Waals surface area contributed by atoms with Crippen molar-refractivity contribution in [2.24, 2.45) is 0 Å². The van der Waals surface area contributed by atoms with Crippen molar-refractivity contribution < 1.29 is 47.8 Å². The topological polar surface area (TPSA) is 33.5 Å². The fourth-order valence-corrected chi connectivity index (χ4v) is 12.0. The molecule has 1 aliphatic rings. The van der Waals surface area contributed by atoms with Crippen LogP contribution < -0.4 is 14.5 Å². The van der Waals surface area contributed by atoms with E-state index in [1.165, 1.54) is 16.7 Å². The fraction of sp³-hybridized carbons (Fsp3) is 0.299. The molecule has 0 unspecified atom stereocenters. The first-order chi connectivity index (χ1) is 41.1. The summed E-state index contributed by atoms with van der Waals surface area (Å²) in [6.45, 7) is 36.0. The van der Waals surface area contributed by atoms with Gasteiger partial charge in [0, 0.05) is 72.5 Å². The summed E-state index contributed by atoms with van der Waals surface area (Å²) in [4.78, 5) is 8.70. The fourth-order valence-electron chi connectivity index (χ4n) is 12.0. The van der Waals surface area contributed by atoms with Gasteiger partial charge in [-0.3, -0.25) is 0 Å². The Morgan fingerprint density at radius 1 is 0.477 bits per heavy atom.